The van der Waals surface area contributed by atoms with Crippen LogP contribution in [0.15, 0.2) is 29.3 Å². The Morgan fingerprint density at radius 3 is 2.27 bits per heavy atom. The lowest BCUT2D eigenvalue weighted by atomic mass is 9.91. The largest absolute Gasteiger partial charge is 0.480 e. The lowest BCUT2D eigenvalue weighted by Gasteiger charge is -2.37. The molecule has 10 nitrogen and oxygen atoms in total. The van der Waals surface area contributed by atoms with Crippen LogP contribution in [-0.2, 0) is 14.4 Å². The maximum Gasteiger partial charge on any atom is 0.318 e. The zero-order valence-electron chi connectivity index (χ0n) is 23.1. The molecule has 2 aliphatic heterocycles. The van der Waals surface area contributed by atoms with E-state index in [1.807, 2.05) is 35.8 Å². The van der Waals surface area contributed by atoms with Gasteiger partial charge in [0.25, 0.3) is 0 Å². The Morgan fingerprint density at radius 1 is 1.02 bits per heavy atom. The molecule has 1 aromatic carbocycles. The summed E-state index contributed by atoms with van der Waals surface area (Å²) in [6, 6.07) is 6.95. The second-order valence-corrected chi connectivity index (χ2v) is 12.4. The molecule has 0 radical (unpaired) electrons. The predicted molar refractivity (Wildman–Crippen MR) is 152 cm³/mol. The summed E-state index contributed by atoms with van der Waals surface area (Å²) in [6.45, 7) is 10.0. The fourth-order valence-corrected chi connectivity index (χ4v) is 6.41. The predicted octanol–water partition coefficient (Wildman–Crippen LogP) is 3.97. The van der Waals surface area contributed by atoms with Gasteiger partial charge in [0, 0.05) is 47.2 Å². The van der Waals surface area contributed by atoms with Crippen molar-refractivity contribution in [3.63, 3.8) is 0 Å². The number of aliphatic carboxylic acids is 1. The second kappa shape index (κ2) is 10.4. The molecule has 0 unspecified atom stereocenters. The molecule has 2 amide bonds. The van der Waals surface area contributed by atoms with Gasteiger partial charge >= 0.3 is 5.97 Å². The molecule has 1 N–H and O–H groups in total. The number of thiophene rings is 1. The highest BCUT2D eigenvalue weighted by atomic mass is 35.5. The van der Waals surface area contributed by atoms with Gasteiger partial charge in [0.15, 0.2) is 5.82 Å². The minimum atomic E-state index is -1.52. The Morgan fingerprint density at radius 2 is 1.65 bits per heavy atom. The van der Waals surface area contributed by atoms with Crippen molar-refractivity contribution in [3.8, 4) is 5.00 Å². The first kappa shape index (κ1) is 28.0. The van der Waals surface area contributed by atoms with Crippen molar-refractivity contribution >= 4 is 46.4 Å². The maximum atomic E-state index is 13.6. The van der Waals surface area contributed by atoms with Crippen LogP contribution >= 0.6 is 22.9 Å². The molecule has 1 atom stereocenters. The molecule has 210 valence electrons. The van der Waals surface area contributed by atoms with Gasteiger partial charge in [-0.25, -0.2) is 0 Å². The van der Waals surface area contributed by atoms with Crippen LogP contribution < -0.4 is 0 Å². The van der Waals surface area contributed by atoms with Crippen LogP contribution in [0.3, 0.4) is 0 Å². The van der Waals surface area contributed by atoms with E-state index < -0.39 is 23.3 Å². The van der Waals surface area contributed by atoms with Gasteiger partial charge in [0.2, 0.25) is 11.8 Å². The summed E-state index contributed by atoms with van der Waals surface area (Å²) in [5, 5.41) is 19.8. The smallest absolute Gasteiger partial charge is 0.318 e. The third-order valence-corrected chi connectivity index (χ3v) is 9.16. The second-order valence-electron chi connectivity index (χ2n) is 10.7. The number of halogens is 1. The first-order chi connectivity index (χ1) is 18.9. The maximum absolute atomic E-state index is 13.6. The molecular formula is C28H31ClN6O4S. The minimum absolute atomic E-state index is 0.0801. The number of fused-ring (bicyclic) bond motifs is 3. The van der Waals surface area contributed by atoms with E-state index in [1.165, 1.54) is 23.6 Å². The zero-order chi connectivity index (χ0) is 28.9. The van der Waals surface area contributed by atoms with Crippen LogP contribution in [0.25, 0.3) is 5.00 Å². The molecule has 1 fully saturated rings. The van der Waals surface area contributed by atoms with Crippen molar-refractivity contribution in [1.29, 1.82) is 0 Å². The van der Waals surface area contributed by atoms with Gasteiger partial charge in [0.1, 0.15) is 22.3 Å². The Balaban J connectivity index is 1.45. The number of carboxylic acid groups (broad SMARTS) is 1. The molecule has 0 spiro atoms. The highest BCUT2D eigenvalue weighted by Crippen LogP contribution is 2.39. The monoisotopic (exact) mass is 582 g/mol. The standard InChI is InChI=1S/C28H31ClN6O4S/c1-15-16(2)40-25-22(15)23(18-6-8-19(29)9-7-18)30-20(24-32-31-17(3)35(24)25)14-21(36)33-10-12-34(13-11-33)26(37)28(4,5)27(38)39/h6-9,20H,10-14H2,1-5H3,(H,38,39)/t20-/m0/s1. The van der Waals surface area contributed by atoms with Crippen molar-refractivity contribution in [2.45, 2.75) is 47.1 Å². The van der Waals surface area contributed by atoms with E-state index in [4.69, 9.17) is 16.6 Å². The normalized spacial score (nSPS) is 17.1. The number of carbonyl (C=O) groups is 3. The summed E-state index contributed by atoms with van der Waals surface area (Å²) in [4.78, 5) is 47.4. The molecule has 12 heteroatoms. The number of carbonyl (C=O) groups excluding carboxylic acids is 2. The Kier molecular flexibility index (Phi) is 7.30. The third-order valence-electron chi connectivity index (χ3n) is 7.71. The van der Waals surface area contributed by atoms with Gasteiger partial charge in [-0.15, -0.1) is 21.5 Å². The van der Waals surface area contributed by atoms with Crippen LogP contribution in [0.4, 0.5) is 0 Å². The Hall–Kier alpha value is -3.57. The number of benzene rings is 1. The van der Waals surface area contributed by atoms with E-state index in [-0.39, 0.29) is 25.4 Å². The molecule has 0 saturated carbocycles. The lowest BCUT2D eigenvalue weighted by molar-refractivity contribution is -0.160. The SMILES string of the molecule is Cc1sc2c(c1C)C(c1ccc(Cl)cc1)=N[C@@H](CC(=O)N1CCN(C(=O)C(C)(C)C(=O)O)CC1)c1nnc(C)n1-2. The molecule has 2 aromatic heterocycles. The average Bonchev–Trinajstić information content (AvgIpc) is 3.40. The fourth-order valence-electron chi connectivity index (χ4n) is 5.07. The van der Waals surface area contributed by atoms with E-state index in [9.17, 15) is 19.5 Å². The number of aryl methyl sites for hydroxylation is 2. The summed E-state index contributed by atoms with van der Waals surface area (Å²) in [5.41, 5.74) is 2.27. The van der Waals surface area contributed by atoms with Crippen molar-refractivity contribution < 1.29 is 19.5 Å². The van der Waals surface area contributed by atoms with Gasteiger partial charge in [-0.3, -0.25) is 23.9 Å². The molecule has 0 aliphatic carbocycles. The van der Waals surface area contributed by atoms with Crippen molar-refractivity contribution in [1.82, 2.24) is 24.6 Å². The van der Waals surface area contributed by atoms with Gasteiger partial charge < -0.3 is 14.9 Å². The third kappa shape index (κ3) is 4.81. The molecule has 1 saturated heterocycles. The van der Waals surface area contributed by atoms with E-state index in [0.717, 1.165) is 33.2 Å². The van der Waals surface area contributed by atoms with Crippen LogP contribution in [0, 0.1) is 26.2 Å². The minimum Gasteiger partial charge on any atom is -0.480 e. The highest BCUT2D eigenvalue weighted by molar-refractivity contribution is 7.15. The van der Waals surface area contributed by atoms with E-state index in [2.05, 4.69) is 24.0 Å². The van der Waals surface area contributed by atoms with Crippen molar-refractivity contribution in [3.05, 3.63) is 62.5 Å². The number of aliphatic imine (C=N–C) groups is 1. The number of aromatic nitrogens is 3. The molecular weight excluding hydrogens is 552 g/mol. The number of hydrogen-bond donors (Lipinski definition) is 1. The summed E-state index contributed by atoms with van der Waals surface area (Å²) in [6.07, 6.45) is 0.0801. The number of nitrogens with zero attached hydrogens (tertiary/aromatic N) is 6. The van der Waals surface area contributed by atoms with E-state index >= 15 is 0 Å². The molecule has 40 heavy (non-hydrogen) atoms. The summed E-state index contributed by atoms with van der Waals surface area (Å²) < 4.78 is 2.01. The number of hydrogen-bond acceptors (Lipinski definition) is 7. The van der Waals surface area contributed by atoms with Crippen LogP contribution in [-0.4, -0.2) is 79.3 Å². The zero-order valence-corrected chi connectivity index (χ0v) is 24.6. The van der Waals surface area contributed by atoms with Crippen LogP contribution in [0.2, 0.25) is 5.02 Å². The van der Waals surface area contributed by atoms with E-state index in [1.54, 1.807) is 16.2 Å². The van der Waals surface area contributed by atoms with Gasteiger partial charge in [-0.2, -0.15) is 0 Å². The van der Waals surface area contributed by atoms with Gasteiger partial charge in [0.05, 0.1) is 12.1 Å². The fraction of sp³-hybridized carbons (Fsp3) is 0.429. The number of carboxylic acids is 1. The Bertz CT molecular complexity index is 1530. The first-order valence-electron chi connectivity index (χ1n) is 13.1. The number of rotatable bonds is 5. The lowest BCUT2D eigenvalue weighted by Crippen LogP contribution is -2.54. The molecule has 4 heterocycles. The van der Waals surface area contributed by atoms with Gasteiger partial charge in [-0.05, 0) is 52.3 Å². The highest BCUT2D eigenvalue weighted by Gasteiger charge is 2.41. The van der Waals surface area contributed by atoms with Crippen molar-refractivity contribution in [2.24, 2.45) is 10.4 Å². The first-order valence-corrected chi connectivity index (χ1v) is 14.3. The quantitative estimate of drug-likeness (QED) is 0.454. The molecule has 0 bridgehead atoms. The van der Waals surface area contributed by atoms with Crippen LogP contribution in [0.1, 0.15) is 59.5 Å². The molecule has 3 aromatic rings. The molecule has 5 rings (SSSR count). The summed E-state index contributed by atoms with van der Waals surface area (Å²) in [5.74, 6) is -0.408. The Labute approximate surface area is 241 Å². The summed E-state index contributed by atoms with van der Waals surface area (Å²) >= 11 is 7.83. The van der Waals surface area contributed by atoms with E-state index in [0.29, 0.717) is 23.9 Å². The number of piperazine rings is 1. The number of amides is 2. The average molecular weight is 583 g/mol. The van der Waals surface area contributed by atoms with Crippen molar-refractivity contribution in [2.75, 3.05) is 26.2 Å². The van der Waals surface area contributed by atoms with Gasteiger partial charge in [-0.1, -0.05) is 23.7 Å². The molecule has 2 aliphatic rings. The van der Waals surface area contributed by atoms with Crippen LogP contribution in [0.5, 0.6) is 0 Å². The summed E-state index contributed by atoms with van der Waals surface area (Å²) in [7, 11) is 0. The topological polar surface area (TPSA) is 121 Å².